The van der Waals surface area contributed by atoms with Gasteiger partial charge in [0, 0.05) is 31.6 Å². The number of rotatable bonds is 5. The van der Waals surface area contributed by atoms with Crippen LogP contribution >= 0.6 is 15.9 Å². The summed E-state index contributed by atoms with van der Waals surface area (Å²) in [6.07, 6.45) is 0. The first-order valence-corrected chi connectivity index (χ1v) is 11.6. The predicted octanol–water partition coefficient (Wildman–Crippen LogP) is 5.01. The van der Waals surface area contributed by atoms with Crippen LogP contribution in [0.5, 0.6) is 5.75 Å². The Morgan fingerprint density at radius 1 is 0.941 bits per heavy atom. The largest absolute Gasteiger partial charge is 0.495 e. The van der Waals surface area contributed by atoms with E-state index in [1.165, 1.54) is 0 Å². The van der Waals surface area contributed by atoms with Gasteiger partial charge in [0.2, 0.25) is 5.76 Å². The van der Waals surface area contributed by atoms with Gasteiger partial charge >= 0.3 is 0 Å². The molecule has 0 unspecified atom stereocenters. The van der Waals surface area contributed by atoms with E-state index in [1.54, 1.807) is 30.2 Å². The van der Waals surface area contributed by atoms with E-state index in [-0.39, 0.29) is 17.4 Å². The number of carbonyl (C=O) groups is 2. The summed E-state index contributed by atoms with van der Waals surface area (Å²) >= 11 is 3.20. The highest BCUT2D eigenvalue weighted by Gasteiger charge is 2.30. The lowest BCUT2D eigenvalue weighted by Gasteiger charge is -2.36. The Morgan fingerprint density at radius 3 is 2.41 bits per heavy atom. The highest BCUT2D eigenvalue weighted by Crippen LogP contribution is 2.33. The molecule has 4 aromatic rings. The summed E-state index contributed by atoms with van der Waals surface area (Å²) in [6, 6.07) is 18.3. The van der Waals surface area contributed by atoms with Gasteiger partial charge in [-0.1, -0.05) is 24.3 Å². The molecule has 5 rings (SSSR count). The molecule has 1 saturated heterocycles. The molecule has 1 fully saturated rings. The van der Waals surface area contributed by atoms with Gasteiger partial charge in [-0.25, -0.2) is 0 Å². The molecule has 0 atom stereocenters. The number of fused-ring (bicyclic) bond motifs is 1. The van der Waals surface area contributed by atoms with Crippen molar-refractivity contribution in [1.82, 2.24) is 4.90 Å². The molecule has 2 aromatic carbocycles. The van der Waals surface area contributed by atoms with Crippen LogP contribution in [0.4, 0.5) is 11.4 Å². The lowest BCUT2D eigenvalue weighted by Crippen LogP contribution is -2.49. The van der Waals surface area contributed by atoms with E-state index in [0.717, 1.165) is 11.4 Å². The first-order chi connectivity index (χ1) is 16.5. The number of amides is 2. The van der Waals surface area contributed by atoms with Gasteiger partial charge in [-0.3, -0.25) is 9.59 Å². The fourth-order valence-electron chi connectivity index (χ4n) is 4.12. The highest BCUT2D eigenvalue weighted by atomic mass is 79.9. The molecule has 2 amide bonds. The second kappa shape index (κ2) is 9.26. The van der Waals surface area contributed by atoms with E-state index in [9.17, 15) is 9.59 Å². The van der Waals surface area contributed by atoms with Crippen molar-refractivity contribution in [3.05, 3.63) is 76.9 Å². The molecule has 0 aliphatic carbocycles. The number of nitrogens with one attached hydrogen (secondary N) is 1. The van der Waals surface area contributed by atoms with Gasteiger partial charge in [-0.15, -0.1) is 0 Å². The zero-order valence-electron chi connectivity index (χ0n) is 18.4. The van der Waals surface area contributed by atoms with Crippen LogP contribution < -0.4 is 15.0 Å². The molecular weight excluding hydrogens is 502 g/mol. The normalized spacial score (nSPS) is 13.8. The van der Waals surface area contributed by atoms with Crippen molar-refractivity contribution in [1.29, 1.82) is 0 Å². The monoisotopic (exact) mass is 523 g/mol. The molecule has 1 aliphatic rings. The SMILES string of the molecule is COc1ccccc1N1CCN(C(=O)c2oc3ccccc3c2NC(=O)c2ccc(Br)o2)CC1. The number of piperazine rings is 1. The van der Waals surface area contributed by atoms with E-state index >= 15 is 0 Å². The molecule has 8 nitrogen and oxygen atoms in total. The van der Waals surface area contributed by atoms with Crippen molar-refractivity contribution >= 4 is 50.1 Å². The van der Waals surface area contributed by atoms with E-state index in [1.807, 2.05) is 42.5 Å². The smallest absolute Gasteiger partial charge is 0.291 e. The van der Waals surface area contributed by atoms with Crippen LogP contribution in [0.2, 0.25) is 0 Å². The second-order valence-corrected chi connectivity index (χ2v) is 8.59. The number of nitrogens with zero attached hydrogens (tertiary/aromatic N) is 2. The Hall–Kier alpha value is -3.72. The zero-order chi connectivity index (χ0) is 23.7. The molecule has 34 heavy (non-hydrogen) atoms. The topological polar surface area (TPSA) is 88.2 Å². The molecule has 9 heteroatoms. The van der Waals surface area contributed by atoms with Gasteiger partial charge in [0.25, 0.3) is 11.8 Å². The number of ether oxygens (including phenoxy) is 1. The minimum Gasteiger partial charge on any atom is -0.495 e. The summed E-state index contributed by atoms with van der Waals surface area (Å²) < 4.78 is 17.2. The van der Waals surface area contributed by atoms with E-state index in [0.29, 0.717) is 47.5 Å². The molecule has 0 saturated carbocycles. The van der Waals surface area contributed by atoms with Gasteiger partial charge in [-0.05, 0) is 52.3 Å². The van der Waals surface area contributed by atoms with Crippen LogP contribution in [0.25, 0.3) is 11.0 Å². The Bertz CT molecular complexity index is 1350. The van der Waals surface area contributed by atoms with Gasteiger partial charge in [0.05, 0.1) is 12.8 Å². The van der Waals surface area contributed by atoms with E-state index in [4.69, 9.17) is 13.6 Å². The Labute approximate surface area is 204 Å². The Kier molecular flexibility index (Phi) is 6.02. The number of carbonyl (C=O) groups excluding carboxylic acids is 2. The van der Waals surface area contributed by atoms with E-state index < -0.39 is 5.91 Å². The number of methoxy groups -OCH3 is 1. The van der Waals surface area contributed by atoms with E-state index in [2.05, 4.69) is 26.1 Å². The van der Waals surface area contributed by atoms with Gasteiger partial charge < -0.3 is 28.7 Å². The number of anilines is 2. The molecule has 1 aliphatic heterocycles. The maximum Gasteiger partial charge on any atom is 0.291 e. The summed E-state index contributed by atoms with van der Waals surface area (Å²) in [7, 11) is 1.65. The number of furan rings is 2. The van der Waals surface area contributed by atoms with Gasteiger partial charge in [-0.2, -0.15) is 0 Å². The van der Waals surface area contributed by atoms with Crippen molar-refractivity contribution in [3.8, 4) is 5.75 Å². The summed E-state index contributed by atoms with van der Waals surface area (Å²) in [5, 5.41) is 3.46. The third-order valence-corrected chi connectivity index (χ3v) is 6.24. The first-order valence-electron chi connectivity index (χ1n) is 10.8. The predicted molar refractivity (Wildman–Crippen MR) is 132 cm³/mol. The fourth-order valence-corrected chi connectivity index (χ4v) is 4.42. The second-order valence-electron chi connectivity index (χ2n) is 7.81. The number of halogens is 1. The van der Waals surface area contributed by atoms with Gasteiger partial charge in [0.1, 0.15) is 17.0 Å². The highest BCUT2D eigenvalue weighted by molar-refractivity contribution is 9.10. The lowest BCUT2D eigenvalue weighted by molar-refractivity contribution is 0.0718. The number of hydrogen-bond acceptors (Lipinski definition) is 6. The van der Waals surface area contributed by atoms with Crippen LogP contribution in [-0.4, -0.2) is 50.0 Å². The quantitative estimate of drug-likeness (QED) is 0.395. The number of para-hydroxylation sites is 3. The van der Waals surface area contributed by atoms with Crippen LogP contribution in [0, 0.1) is 0 Å². The molecular formula is C25H22BrN3O5. The molecule has 0 bridgehead atoms. The molecule has 0 radical (unpaired) electrons. The van der Waals surface area contributed by atoms with Crippen molar-refractivity contribution in [2.45, 2.75) is 0 Å². The molecule has 0 spiro atoms. The average molecular weight is 524 g/mol. The third-order valence-electron chi connectivity index (χ3n) is 5.82. The Morgan fingerprint density at radius 2 is 1.68 bits per heavy atom. The van der Waals surface area contributed by atoms with Crippen LogP contribution in [0.3, 0.4) is 0 Å². The summed E-state index contributed by atoms with van der Waals surface area (Å²) in [5.74, 6) is 0.292. The van der Waals surface area contributed by atoms with Gasteiger partial charge in [0.15, 0.2) is 10.4 Å². The fraction of sp³-hybridized carbons (Fsp3) is 0.200. The zero-order valence-corrected chi connectivity index (χ0v) is 20.0. The minimum atomic E-state index is -0.465. The summed E-state index contributed by atoms with van der Waals surface area (Å²) in [4.78, 5) is 30.2. The first kappa shape index (κ1) is 22.1. The summed E-state index contributed by atoms with van der Waals surface area (Å²) in [5.41, 5.74) is 1.86. The molecule has 2 aromatic heterocycles. The third kappa shape index (κ3) is 4.14. The van der Waals surface area contributed by atoms with Crippen molar-refractivity contribution in [2.24, 2.45) is 0 Å². The molecule has 1 N–H and O–H groups in total. The standard InChI is InChI=1S/C25H22BrN3O5/c1-32-19-9-5-3-7-17(19)28-12-14-29(15-13-28)25(31)23-22(16-6-2-4-8-18(16)34-23)27-24(30)20-10-11-21(26)33-20/h2-11H,12-15H2,1H3,(H,27,30). The number of benzene rings is 2. The summed E-state index contributed by atoms with van der Waals surface area (Å²) in [6.45, 7) is 2.31. The molecule has 174 valence electrons. The van der Waals surface area contributed by atoms with Crippen molar-refractivity contribution in [2.75, 3.05) is 43.5 Å². The maximum absolute atomic E-state index is 13.5. The van der Waals surface area contributed by atoms with Crippen molar-refractivity contribution < 1.29 is 23.2 Å². The lowest BCUT2D eigenvalue weighted by atomic mass is 10.2. The van der Waals surface area contributed by atoms with Crippen molar-refractivity contribution in [3.63, 3.8) is 0 Å². The number of hydrogen-bond donors (Lipinski definition) is 1. The maximum atomic E-state index is 13.5. The molecule has 3 heterocycles. The average Bonchev–Trinajstić information content (AvgIpc) is 3.47. The Balaban J connectivity index is 1.38. The van der Waals surface area contributed by atoms with Crippen LogP contribution in [0.1, 0.15) is 21.1 Å². The minimum absolute atomic E-state index is 0.103. The van der Waals surface area contributed by atoms with Crippen LogP contribution in [0.15, 0.2) is 74.2 Å². The van der Waals surface area contributed by atoms with Crippen LogP contribution in [-0.2, 0) is 0 Å².